The Hall–Kier alpha value is -1.37. The van der Waals surface area contributed by atoms with Gasteiger partial charge >= 0.3 is 0 Å². The third-order valence-corrected chi connectivity index (χ3v) is 2.74. The first-order valence-electron chi connectivity index (χ1n) is 4.38. The van der Waals surface area contributed by atoms with E-state index >= 15 is 0 Å². The molecule has 1 atom stereocenters. The zero-order valence-corrected chi connectivity index (χ0v) is 9.45. The molecule has 1 aromatic rings. The molecule has 0 saturated heterocycles. The fourth-order valence-corrected chi connectivity index (χ4v) is 2.19. The lowest BCUT2D eigenvalue weighted by Gasteiger charge is -2.12. The van der Waals surface area contributed by atoms with E-state index in [1.807, 2.05) is 0 Å². The van der Waals surface area contributed by atoms with Crippen LogP contribution in [0.3, 0.4) is 0 Å². The minimum absolute atomic E-state index is 0.0525. The molecule has 15 heavy (non-hydrogen) atoms. The number of aromatic nitrogens is 2. The summed E-state index contributed by atoms with van der Waals surface area (Å²) < 4.78 is 22.0. The van der Waals surface area contributed by atoms with Crippen LogP contribution in [-0.2, 0) is 9.84 Å². The molecule has 0 aromatic carbocycles. The van der Waals surface area contributed by atoms with Crippen LogP contribution in [0.4, 0.5) is 11.6 Å². The molecule has 1 rings (SSSR count). The van der Waals surface area contributed by atoms with Gasteiger partial charge in [-0.25, -0.2) is 18.4 Å². The molecule has 7 heteroatoms. The van der Waals surface area contributed by atoms with Crippen molar-refractivity contribution in [1.29, 1.82) is 0 Å². The zero-order chi connectivity index (χ0) is 11.5. The first kappa shape index (κ1) is 11.7. The molecule has 0 fully saturated rings. The summed E-state index contributed by atoms with van der Waals surface area (Å²) in [6.07, 6.45) is 2.52. The minimum atomic E-state index is -2.99. The van der Waals surface area contributed by atoms with E-state index in [0.717, 1.165) is 0 Å². The van der Waals surface area contributed by atoms with Crippen molar-refractivity contribution in [3.05, 3.63) is 12.4 Å². The van der Waals surface area contributed by atoms with Gasteiger partial charge in [-0.15, -0.1) is 0 Å². The Morgan fingerprint density at radius 2 is 2.20 bits per heavy atom. The van der Waals surface area contributed by atoms with Crippen molar-refractivity contribution in [3.8, 4) is 0 Å². The van der Waals surface area contributed by atoms with Crippen molar-refractivity contribution in [2.75, 3.05) is 23.1 Å². The summed E-state index contributed by atoms with van der Waals surface area (Å²) >= 11 is 0. The van der Waals surface area contributed by atoms with Crippen LogP contribution >= 0.6 is 0 Å². The molecule has 3 N–H and O–H groups in total. The van der Waals surface area contributed by atoms with Gasteiger partial charge in [0.1, 0.15) is 27.8 Å². The van der Waals surface area contributed by atoms with Gasteiger partial charge in [0.2, 0.25) is 0 Å². The molecule has 0 amide bonds. The molecule has 0 aliphatic rings. The van der Waals surface area contributed by atoms with Gasteiger partial charge in [0.15, 0.2) is 0 Å². The molecule has 1 unspecified atom stereocenters. The monoisotopic (exact) mass is 230 g/mol. The molecule has 0 spiro atoms. The normalized spacial score (nSPS) is 13.5. The summed E-state index contributed by atoms with van der Waals surface area (Å²) in [6.45, 7) is 1.76. The minimum Gasteiger partial charge on any atom is -0.384 e. The van der Waals surface area contributed by atoms with Gasteiger partial charge in [-0.2, -0.15) is 0 Å². The van der Waals surface area contributed by atoms with Gasteiger partial charge in [0.25, 0.3) is 0 Å². The van der Waals surface area contributed by atoms with Crippen molar-refractivity contribution >= 4 is 21.5 Å². The second-order valence-electron chi connectivity index (χ2n) is 3.47. The summed E-state index contributed by atoms with van der Waals surface area (Å²) in [5.41, 5.74) is 5.45. The predicted octanol–water partition coefficient (Wildman–Crippen LogP) is -0.0962. The highest BCUT2D eigenvalue weighted by Crippen LogP contribution is 2.07. The Kier molecular flexibility index (Phi) is 3.46. The number of hydrogen-bond donors (Lipinski definition) is 2. The Morgan fingerprint density at radius 3 is 2.73 bits per heavy atom. The van der Waals surface area contributed by atoms with Crippen LogP contribution in [0.1, 0.15) is 6.92 Å². The highest BCUT2D eigenvalue weighted by molar-refractivity contribution is 7.90. The van der Waals surface area contributed by atoms with Crippen molar-refractivity contribution in [2.24, 2.45) is 0 Å². The molecule has 1 heterocycles. The molecular formula is C8H14N4O2S. The first-order valence-corrected chi connectivity index (χ1v) is 6.44. The standard InChI is InChI=1S/C8H14N4O2S/c1-6(4-15(2,13)14)12-8-3-7(9)10-5-11-8/h3,5-6H,4H2,1-2H3,(H3,9,10,11,12). The second-order valence-corrected chi connectivity index (χ2v) is 5.65. The van der Waals surface area contributed by atoms with Gasteiger partial charge in [-0.1, -0.05) is 0 Å². The van der Waals surface area contributed by atoms with E-state index in [1.165, 1.54) is 12.6 Å². The summed E-state index contributed by atoms with van der Waals surface area (Å²) in [6, 6.07) is 1.34. The van der Waals surface area contributed by atoms with Crippen LogP contribution in [0.5, 0.6) is 0 Å². The first-order chi connectivity index (χ1) is 6.87. The highest BCUT2D eigenvalue weighted by atomic mass is 32.2. The maximum Gasteiger partial charge on any atom is 0.149 e. The van der Waals surface area contributed by atoms with Crippen molar-refractivity contribution < 1.29 is 8.42 Å². The van der Waals surface area contributed by atoms with E-state index in [4.69, 9.17) is 5.73 Å². The van der Waals surface area contributed by atoms with Crippen LogP contribution in [0, 0.1) is 0 Å². The fraction of sp³-hybridized carbons (Fsp3) is 0.500. The van der Waals surface area contributed by atoms with Crippen molar-refractivity contribution in [1.82, 2.24) is 9.97 Å². The smallest absolute Gasteiger partial charge is 0.149 e. The Bertz CT molecular complexity index is 432. The number of hydrogen-bond acceptors (Lipinski definition) is 6. The molecule has 0 radical (unpaired) electrons. The number of nitrogens with zero attached hydrogens (tertiary/aromatic N) is 2. The van der Waals surface area contributed by atoms with Crippen LogP contribution in [0.2, 0.25) is 0 Å². The number of nitrogen functional groups attached to an aromatic ring is 1. The molecule has 0 aliphatic carbocycles. The number of sulfone groups is 1. The molecule has 1 aromatic heterocycles. The summed E-state index contributed by atoms with van der Waals surface area (Å²) in [5.74, 6) is 0.925. The summed E-state index contributed by atoms with van der Waals surface area (Å²) in [5, 5.41) is 2.93. The van der Waals surface area contributed by atoms with Gasteiger partial charge in [-0.3, -0.25) is 0 Å². The maximum atomic E-state index is 11.0. The largest absolute Gasteiger partial charge is 0.384 e. The molecule has 0 saturated carbocycles. The molecular weight excluding hydrogens is 216 g/mol. The molecule has 0 bridgehead atoms. The quantitative estimate of drug-likeness (QED) is 0.749. The predicted molar refractivity (Wildman–Crippen MR) is 59.2 cm³/mol. The van der Waals surface area contributed by atoms with E-state index in [2.05, 4.69) is 15.3 Å². The molecule has 0 aliphatic heterocycles. The maximum absolute atomic E-state index is 11.0. The van der Waals surface area contributed by atoms with Crippen molar-refractivity contribution in [3.63, 3.8) is 0 Å². The van der Waals surface area contributed by atoms with Gasteiger partial charge in [0, 0.05) is 18.4 Å². The fourth-order valence-electron chi connectivity index (χ4n) is 1.20. The third kappa shape index (κ3) is 4.59. The summed E-state index contributed by atoms with van der Waals surface area (Å²) in [7, 11) is -2.99. The molecule has 6 nitrogen and oxygen atoms in total. The van der Waals surface area contributed by atoms with Gasteiger partial charge < -0.3 is 11.1 Å². The number of nitrogens with one attached hydrogen (secondary N) is 1. The van der Waals surface area contributed by atoms with E-state index in [0.29, 0.717) is 11.6 Å². The molecule has 84 valence electrons. The van der Waals surface area contributed by atoms with Crippen LogP contribution in [0.15, 0.2) is 12.4 Å². The van der Waals surface area contributed by atoms with Crippen LogP contribution in [-0.4, -0.2) is 36.4 Å². The van der Waals surface area contributed by atoms with Crippen molar-refractivity contribution in [2.45, 2.75) is 13.0 Å². The lowest BCUT2D eigenvalue weighted by Crippen LogP contribution is -2.25. The van der Waals surface area contributed by atoms with Gasteiger partial charge in [0.05, 0.1) is 5.75 Å². The average Bonchev–Trinajstić information content (AvgIpc) is 1.99. The van der Waals surface area contributed by atoms with Gasteiger partial charge in [-0.05, 0) is 6.92 Å². The second kappa shape index (κ2) is 4.43. The number of nitrogens with two attached hydrogens (primary N) is 1. The lowest BCUT2D eigenvalue weighted by molar-refractivity contribution is 0.598. The Morgan fingerprint density at radius 1 is 1.53 bits per heavy atom. The SMILES string of the molecule is CC(CS(C)(=O)=O)Nc1cc(N)ncn1. The average molecular weight is 230 g/mol. The highest BCUT2D eigenvalue weighted by Gasteiger charge is 2.10. The van der Waals surface area contributed by atoms with Crippen LogP contribution < -0.4 is 11.1 Å². The van der Waals surface area contributed by atoms with E-state index in [-0.39, 0.29) is 11.8 Å². The zero-order valence-electron chi connectivity index (χ0n) is 8.64. The topological polar surface area (TPSA) is 98.0 Å². The van der Waals surface area contributed by atoms with Crippen LogP contribution in [0.25, 0.3) is 0 Å². The summed E-state index contributed by atoms with van der Waals surface area (Å²) in [4.78, 5) is 7.64. The lowest BCUT2D eigenvalue weighted by atomic mass is 10.4. The Balaban J connectivity index is 2.63. The van der Waals surface area contributed by atoms with E-state index < -0.39 is 9.84 Å². The van der Waals surface area contributed by atoms with E-state index in [9.17, 15) is 8.42 Å². The van der Waals surface area contributed by atoms with E-state index in [1.54, 1.807) is 13.0 Å². The number of anilines is 2. The number of rotatable bonds is 4. The Labute approximate surface area is 88.8 Å². The third-order valence-electron chi connectivity index (χ3n) is 1.64.